The van der Waals surface area contributed by atoms with Gasteiger partial charge in [-0.05, 0) is 13.3 Å². The van der Waals surface area contributed by atoms with Crippen LogP contribution in [-0.2, 0) is 52.2 Å². The van der Waals surface area contributed by atoms with E-state index in [-0.39, 0.29) is 19.2 Å². The molecule has 0 aliphatic heterocycles. The van der Waals surface area contributed by atoms with E-state index in [1.54, 1.807) is 6.92 Å². The molecular formula is C28H52O11. The lowest BCUT2D eigenvalue weighted by molar-refractivity contribution is -0.145. The van der Waals surface area contributed by atoms with Crippen molar-refractivity contribution in [2.45, 2.75) is 52.4 Å². The second-order valence-electron chi connectivity index (χ2n) is 8.59. The van der Waals surface area contributed by atoms with Crippen LogP contribution in [0.4, 0.5) is 0 Å². The first-order chi connectivity index (χ1) is 19.1. The Bertz CT molecular complexity index is 572. The average Bonchev–Trinajstić information content (AvgIpc) is 2.92. The van der Waals surface area contributed by atoms with Crippen LogP contribution in [0.2, 0.25) is 0 Å². The van der Waals surface area contributed by atoms with Gasteiger partial charge in [-0.3, -0.25) is 4.79 Å². The van der Waals surface area contributed by atoms with Crippen LogP contribution in [0.15, 0.2) is 12.2 Å². The van der Waals surface area contributed by atoms with Crippen molar-refractivity contribution in [2.24, 2.45) is 0 Å². The Morgan fingerprint density at radius 3 is 1.18 bits per heavy atom. The molecule has 0 bridgehead atoms. The molecule has 0 rings (SSSR count). The van der Waals surface area contributed by atoms with Gasteiger partial charge in [-0.1, -0.05) is 39.2 Å². The van der Waals surface area contributed by atoms with Gasteiger partial charge in [0, 0.05) is 12.0 Å². The third-order valence-corrected chi connectivity index (χ3v) is 5.02. The van der Waals surface area contributed by atoms with E-state index < -0.39 is 5.97 Å². The maximum Gasteiger partial charge on any atom is 0.333 e. The molecule has 0 aromatic carbocycles. The molecule has 11 nitrogen and oxygen atoms in total. The first kappa shape index (κ1) is 37.4. The Morgan fingerprint density at radius 2 is 0.821 bits per heavy atom. The van der Waals surface area contributed by atoms with Crippen LogP contribution in [-0.4, -0.2) is 118 Å². The van der Waals surface area contributed by atoms with Gasteiger partial charge < -0.3 is 42.6 Å². The maximum absolute atomic E-state index is 11.6. The highest BCUT2D eigenvalue weighted by molar-refractivity contribution is 5.86. The number of ether oxygens (including phenoxy) is 9. The van der Waals surface area contributed by atoms with Gasteiger partial charge in [0.1, 0.15) is 13.2 Å². The number of carbonyl (C=O) groups excluding carboxylic acids is 2. The number of rotatable bonds is 31. The summed E-state index contributed by atoms with van der Waals surface area (Å²) in [7, 11) is 0. The molecule has 230 valence electrons. The maximum atomic E-state index is 11.6. The van der Waals surface area contributed by atoms with E-state index in [1.165, 1.54) is 19.3 Å². The summed E-state index contributed by atoms with van der Waals surface area (Å²) in [5.41, 5.74) is 0.369. The molecule has 0 saturated heterocycles. The van der Waals surface area contributed by atoms with Crippen molar-refractivity contribution in [1.82, 2.24) is 0 Å². The lowest BCUT2D eigenvalue weighted by Gasteiger charge is -2.09. The molecule has 0 atom stereocenters. The third kappa shape index (κ3) is 30.8. The van der Waals surface area contributed by atoms with Crippen molar-refractivity contribution in [2.75, 3.05) is 106 Å². The van der Waals surface area contributed by atoms with Crippen LogP contribution in [0.5, 0.6) is 0 Å². The van der Waals surface area contributed by atoms with Gasteiger partial charge in [-0.15, -0.1) is 0 Å². The van der Waals surface area contributed by atoms with Crippen LogP contribution in [0, 0.1) is 0 Å². The van der Waals surface area contributed by atoms with Crippen molar-refractivity contribution < 1.29 is 52.2 Å². The summed E-state index contributed by atoms with van der Waals surface area (Å²) in [5, 5.41) is 0. The van der Waals surface area contributed by atoms with Crippen molar-refractivity contribution >= 4 is 11.9 Å². The summed E-state index contributed by atoms with van der Waals surface area (Å²) in [6.45, 7) is 14.1. The number of esters is 2. The fraction of sp³-hybridized carbons (Fsp3) is 0.857. The number of hydrogen-bond donors (Lipinski definition) is 0. The van der Waals surface area contributed by atoms with Gasteiger partial charge in [0.05, 0.1) is 92.5 Å². The Hall–Kier alpha value is -1.60. The molecule has 39 heavy (non-hydrogen) atoms. The van der Waals surface area contributed by atoms with E-state index in [0.717, 1.165) is 12.8 Å². The highest BCUT2D eigenvalue weighted by atomic mass is 16.6. The molecule has 11 heteroatoms. The van der Waals surface area contributed by atoms with Crippen LogP contribution in [0.1, 0.15) is 52.4 Å². The van der Waals surface area contributed by atoms with Gasteiger partial charge in [0.25, 0.3) is 0 Å². The third-order valence-electron chi connectivity index (χ3n) is 5.02. The summed E-state index contributed by atoms with van der Waals surface area (Å²) in [4.78, 5) is 22.7. The van der Waals surface area contributed by atoms with Gasteiger partial charge in [-0.2, -0.15) is 0 Å². The standard InChI is InChI=1S/C28H52O11/c1-4-5-6-7-8-9-27(29)38-24-22-36-20-18-34-16-14-32-12-10-31-11-13-33-15-17-35-19-21-37-23-25-39-28(30)26(2)3/h2,4-25H2,1,3H3. The summed E-state index contributed by atoms with van der Waals surface area (Å²) in [6, 6.07) is 0. The molecule has 0 aliphatic rings. The molecule has 0 amide bonds. The zero-order chi connectivity index (χ0) is 28.7. The first-order valence-electron chi connectivity index (χ1n) is 14.1. The second-order valence-corrected chi connectivity index (χ2v) is 8.59. The Kier molecular flexibility index (Phi) is 29.7. The molecule has 0 aliphatic carbocycles. The molecule has 0 spiro atoms. The van der Waals surface area contributed by atoms with E-state index in [1.807, 2.05) is 0 Å². The normalized spacial score (nSPS) is 11.0. The summed E-state index contributed by atoms with van der Waals surface area (Å²) in [6.07, 6.45) is 6.06. The zero-order valence-electron chi connectivity index (χ0n) is 24.3. The zero-order valence-corrected chi connectivity index (χ0v) is 24.3. The van der Waals surface area contributed by atoms with Gasteiger partial charge in [-0.25, -0.2) is 4.79 Å². The van der Waals surface area contributed by atoms with Gasteiger partial charge >= 0.3 is 11.9 Å². The molecule has 0 aromatic rings. The summed E-state index contributed by atoms with van der Waals surface area (Å²) >= 11 is 0. The quantitative estimate of drug-likeness (QED) is 0.0702. The highest BCUT2D eigenvalue weighted by Crippen LogP contribution is 2.05. The predicted molar refractivity (Wildman–Crippen MR) is 146 cm³/mol. The van der Waals surface area contributed by atoms with Gasteiger partial charge in [0.15, 0.2) is 0 Å². The molecule has 0 aromatic heterocycles. The largest absolute Gasteiger partial charge is 0.463 e. The van der Waals surface area contributed by atoms with Crippen LogP contribution in [0.25, 0.3) is 0 Å². The monoisotopic (exact) mass is 564 g/mol. The van der Waals surface area contributed by atoms with Crippen LogP contribution >= 0.6 is 0 Å². The Balaban J connectivity index is 3.13. The van der Waals surface area contributed by atoms with Crippen LogP contribution < -0.4 is 0 Å². The van der Waals surface area contributed by atoms with Crippen molar-refractivity contribution in [3.05, 3.63) is 12.2 Å². The van der Waals surface area contributed by atoms with Crippen molar-refractivity contribution in [3.63, 3.8) is 0 Å². The predicted octanol–water partition coefficient (Wildman–Crippen LogP) is 3.13. The molecular weight excluding hydrogens is 512 g/mol. The fourth-order valence-electron chi connectivity index (χ4n) is 2.90. The van der Waals surface area contributed by atoms with E-state index in [9.17, 15) is 9.59 Å². The molecule has 0 fully saturated rings. The Morgan fingerprint density at radius 1 is 0.487 bits per heavy atom. The van der Waals surface area contributed by atoms with Gasteiger partial charge in [0.2, 0.25) is 0 Å². The topological polar surface area (TPSA) is 117 Å². The Labute approximate surface area is 234 Å². The SMILES string of the molecule is C=C(C)C(=O)OCCOCCOCCOCCOCCOCCOCCOCCOC(=O)CCCCCCC. The minimum atomic E-state index is -0.413. The second kappa shape index (κ2) is 30.9. The van der Waals surface area contributed by atoms with E-state index in [0.29, 0.717) is 104 Å². The van der Waals surface area contributed by atoms with Crippen LogP contribution in [0.3, 0.4) is 0 Å². The lowest BCUT2D eigenvalue weighted by Crippen LogP contribution is -2.15. The summed E-state index contributed by atoms with van der Waals surface area (Å²) < 4.78 is 47.8. The molecule has 0 radical (unpaired) electrons. The first-order valence-corrected chi connectivity index (χ1v) is 14.1. The van der Waals surface area contributed by atoms with Crippen molar-refractivity contribution in [3.8, 4) is 0 Å². The van der Waals surface area contributed by atoms with E-state index in [2.05, 4.69) is 13.5 Å². The smallest absolute Gasteiger partial charge is 0.333 e. The molecule has 0 heterocycles. The molecule has 0 saturated carbocycles. The average molecular weight is 565 g/mol. The van der Waals surface area contributed by atoms with E-state index in [4.69, 9.17) is 42.6 Å². The summed E-state index contributed by atoms with van der Waals surface area (Å²) in [5.74, 6) is -0.564. The molecule has 0 unspecified atom stereocenters. The highest BCUT2D eigenvalue weighted by Gasteiger charge is 2.03. The van der Waals surface area contributed by atoms with E-state index >= 15 is 0 Å². The molecule has 0 N–H and O–H groups in total. The lowest BCUT2D eigenvalue weighted by atomic mass is 10.1. The minimum Gasteiger partial charge on any atom is -0.463 e. The minimum absolute atomic E-state index is 0.151. The number of hydrogen-bond acceptors (Lipinski definition) is 11. The fourth-order valence-corrected chi connectivity index (χ4v) is 2.90. The van der Waals surface area contributed by atoms with Crippen molar-refractivity contribution in [1.29, 1.82) is 0 Å². The number of carbonyl (C=O) groups is 2. The number of unbranched alkanes of at least 4 members (excludes halogenated alkanes) is 4.